The topological polar surface area (TPSA) is 840 Å². The number of nitrogens with two attached hydrogens (primary N) is 6. The molecule has 137 heavy (non-hydrogen) atoms. The molecule has 0 bridgehead atoms. The summed E-state index contributed by atoms with van der Waals surface area (Å²) in [6.07, 6.45) is -4.66. The van der Waals surface area contributed by atoms with E-state index in [2.05, 4.69) is 95.7 Å². The number of carboxylic acids is 3. The average Bonchev–Trinajstić information content (AvgIpc) is 0.853. The van der Waals surface area contributed by atoms with E-state index in [-0.39, 0.29) is 133 Å². The second kappa shape index (κ2) is 64.5. The largest absolute Gasteiger partial charge is 0.481 e. The van der Waals surface area contributed by atoms with Crippen molar-refractivity contribution in [2.45, 2.75) is 296 Å². The fraction of sp³-hybridized carbons (Fsp3) is 0.667. The second-order valence-corrected chi connectivity index (χ2v) is 36.0. The summed E-state index contributed by atoms with van der Waals surface area (Å²) in [5, 5.41) is 88.9. The molecule has 0 spiro atoms. The van der Waals surface area contributed by atoms with Crippen LogP contribution >= 0.6 is 0 Å². The summed E-state index contributed by atoms with van der Waals surface area (Å²) >= 11 is 0. The highest BCUT2D eigenvalue weighted by Gasteiger charge is 2.40. The predicted molar refractivity (Wildman–Crippen MR) is 499 cm³/mol. The standard InChI is InChI=1S/C87H148N26O24/c1-44(2)32-51(89)72(123)103-56(25-27-65(90)114)77(128)112-62(39-66(91)115)83(134)106-54(24-19-31-97-87(94)95)76(127)104-52(23-18-30-96-86(92)93)73(124)100-43-69(118)101-57(33-45(3)4)78(129)113-63(40-71(121)122)84(135)110-59(35-47(7)8)80(131)108-60(36-48(9)10)81(132)111-61(38-50-20-14-13-15-21-50)82(133)109-58(34-46(5)6)79(130)105-53(22-16-17-29-88)75(126)107-55(26-28-70(119)120)74(125)99-41-67(116)98-42-68(117)102-64(85(136)137)37-49(11)12/h13-15,20-21,44-49,51-64H,16-19,22-43,88-89H2,1-12H3,(H2,90,114)(H2,91,115)(H,98,116)(H,99,125)(H,100,124)(H,101,118)(H,102,117)(H,103,123)(H,104,127)(H,105,130)(H,106,134)(H,107,126)(H,108,131)(H,109,133)(H,110,135)(H,111,132)(H,112,128)(H,113,129)(H,119,120)(H,121,122)(H,136,137)(H4,92,93,96)(H4,94,95,97). The first kappa shape index (κ1) is 122. The molecule has 0 aliphatic rings. The zero-order valence-electron chi connectivity index (χ0n) is 80.2. The third kappa shape index (κ3) is 53.4. The van der Waals surface area contributed by atoms with Gasteiger partial charge in [0.05, 0.1) is 38.5 Å². The van der Waals surface area contributed by atoms with E-state index in [1.807, 2.05) is 0 Å². The number of aliphatic carboxylic acids is 3. The number of benzene rings is 1. The molecule has 1 aromatic carbocycles. The summed E-state index contributed by atoms with van der Waals surface area (Å²) < 4.78 is 0. The molecule has 50 heteroatoms. The summed E-state index contributed by atoms with van der Waals surface area (Å²) in [5.41, 5.74) is 34.2. The predicted octanol–water partition coefficient (Wildman–Crippen LogP) is -6.30. The highest BCUT2D eigenvalue weighted by Crippen LogP contribution is 2.17. The molecule has 50 nitrogen and oxygen atoms in total. The molecule has 0 heterocycles. The zero-order chi connectivity index (χ0) is 104. The first-order chi connectivity index (χ1) is 64.1. The minimum atomic E-state index is -1.98. The van der Waals surface area contributed by atoms with Crippen molar-refractivity contribution in [3.8, 4) is 0 Å². The Balaban J connectivity index is 3.74. The van der Waals surface area contributed by atoms with E-state index in [9.17, 15) is 116 Å². The number of rotatable bonds is 69. The van der Waals surface area contributed by atoms with Crippen LogP contribution in [0.1, 0.15) is 211 Å². The Hall–Kier alpha value is -13.4. The van der Waals surface area contributed by atoms with Crippen LogP contribution in [0.5, 0.6) is 0 Å². The molecule has 0 saturated carbocycles. The number of hydrogen-bond acceptors (Lipinski definition) is 25. The molecule has 0 aliphatic heterocycles. The fourth-order valence-corrected chi connectivity index (χ4v) is 13.7. The van der Waals surface area contributed by atoms with Crippen molar-refractivity contribution in [3.05, 3.63) is 35.9 Å². The van der Waals surface area contributed by atoms with Gasteiger partial charge in [0.15, 0.2) is 11.9 Å². The summed E-state index contributed by atoms with van der Waals surface area (Å²) in [6.45, 7) is 18.2. The number of carbonyl (C=O) groups is 21. The van der Waals surface area contributed by atoms with Crippen LogP contribution < -0.4 is 130 Å². The van der Waals surface area contributed by atoms with Crippen molar-refractivity contribution >= 4 is 136 Å². The Bertz CT molecular complexity index is 4230. The lowest BCUT2D eigenvalue weighted by atomic mass is 9.98. The summed E-state index contributed by atoms with van der Waals surface area (Å²) in [5.74, 6) is -25.1. The first-order valence-corrected chi connectivity index (χ1v) is 45.7. The number of carbonyl (C=O) groups excluding carboxylic acids is 18. The van der Waals surface area contributed by atoms with Crippen LogP contribution in [0.4, 0.5) is 0 Å². The van der Waals surface area contributed by atoms with E-state index in [0.29, 0.717) is 12.0 Å². The maximum absolute atomic E-state index is 14.9. The smallest absolute Gasteiger partial charge is 0.326 e. The van der Waals surface area contributed by atoms with Crippen molar-refractivity contribution in [1.29, 1.82) is 10.8 Å². The van der Waals surface area contributed by atoms with Crippen molar-refractivity contribution in [2.75, 3.05) is 39.3 Å². The van der Waals surface area contributed by atoms with Crippen LogP contribution in [-0.2, 0) is 107 Å². The lowest BCUT2D eigenvalue weighted by molar-refractivity contribution is -0.142. The molecule has 35 N–H and O–H groups in total. The molecular weight excluding hydrogens is 1790 g/mol. The van der Waals surface area contributed by atoms with E-state index in [4.69, 9.17) is 45.2 Å². The van der Waals surface area contributed by atoms with E-state index in [1.165, 1.54) is 0 Å². The molecule has 0 saturated heterocycles. The molecule has 770 valence electrons. The van der Waals surface area contributed by atoms with Crippen LogP contribution in [0.15, 0.2) is 30.3 Å². The highest BCUT2D eigenvalue weighted by atomic mass is 16.4. The average molecular weight is 1940 g/mol. The monoisotopic (exact) mass is 1940 g/mol. The fourth-order valence-electron chi connectivity index (χ4n) is 13.7. The Morgan fingerprint density at radius 3 is 0.985 bits per heavy atom. The minimum Gasteiger partial charge on any atom is -0.481 e. The number of nitrogens with one attached hydrogen (secondary N) is 20. The van der Waals surface area contributed by atoms with Gasteiger partial charge >= 0.3 is 17.9 Å². The summed E-state index contributed by atoms with van der Waals surface area (Å²) in [4.78, 5) is 286. The lowest BCUT2D eigenvalue weighted by Gasteiger charge is -2.29. The quantitative estimate of drug-likeness (QED) is 0.0164. The van der Waals surface area contributed by atoms with Gasteiger partial charge in [0.1, 0.15) is 78.5 Å². The highest BCUT2D eigenvalue weighted by molar-refractivity contribution is 6.02. The normalized spacial score (nSPS) is 14.2. The van der Waals surface area contributed by atoms with Crippen LogP contribution in [-0.4, -0.2) is 275 Å². The van der Waals surface area contributed by atoms with Crippen molar-refractivity contribution in [3.63, 3.8) is 0 Å². The molecule has 0 fully saturated rings. The maximum Gasteiger partial charge on any atom is 0.326 e. The Kier molecular flexibility index (Phi) is 57.2. The molecule has 0 aliphatic carbocycles. The number of primary amides is 2. The molecule has 1 rings (SSSR count). The van der Waals surface area contributed by atoms with Crippen LogP contribution in [0, 0.1) is 46.3 Å². The number of unbranched alkanes of at least 4 members (excludes halogenated alkanes) is 1. The van der Waals surface area contributed by atoms with Gasteiger partial charge in [0.2, 0.25) is 106 Å². The SMILES string of the molecule is CC(C)CC(N)C(=O)NC(CCC(N)=O)C(=O)NC(CC(N)=O)C(=O)NC(CCCNC(=N)N)C(=O)NC(CCCNC(=N)N)C(=O)NCC(=O)NC(CC(C)C)C(=O)NC(CC(=O)O)C(=O)NC(CC(C)C)C(=O)NC(CC(C)C)C(=O)NC(Cc1ccccc1)C(=O)NC(CC(C)C)C(=O)NC(CCCCN)C(=O)NC(CCC(=O)O)C(=O)NCC(=O)NCC(=O)NC(CC(C)C)C(=O)O. The van der Waals surface area contributed by atoms with Gasteiger partial charge in [-0.15, -0.1) is 0 Å². The number of amides is 18. The Morgan fingerprint density at radius 1 is 0.299 bits per heavy atom. The van der Waals surface area contributed by atoms with Gasteiger partial charge in [-0.3, -0.25) is 107 Å². The first-order valence-electron chi connectivity index (χ1n) is 45.7. The molecule has 18 amide bonds. The van der Waals surface area contributed by atoms with E-state index >= 15 is 0 Å². The molecule has 0 radical (unpaired) electrons. The van der Waals surface area contributed by atoms with Gasteiger partial charge in [-0.25, -0.2) is 4.79 Å². The molecule has 1 aromatic rings. The molecule has 14 atom stereocenters. The van der Waals surface area contributed by atoms with E-state index in [1.54, 1.807) is 113 Å². The van der Waals surface area contributed by atoms with Crippen LogP contribution in [0.3, 0.4) is 0 Å². The minimum absolute atomic E-state index is 0.00697. The van der Waals surface area contributed by atoms with Crippen molar-refractivity contribution in [2.24, 2.45) is 69.9 Å². The van der Waals surface area contributed by atoms with Gasteiger partial charge in [0.25, 0.3) is 0 Å². The van der Waals surface area contributed by atoms with E-state index in [0.717, 1.165) is 0 Å². The van der Waals surface area contributed by atoms with Crippen LogP contribution in [0.25, 0.3) is 0 Å². The third-order valence-corrected chi connectivity index (χ3v) is 20.4. The van der Waals surface area contributed by atoms with Crippen molar-refractivity contribution in [1.82, 2.24) is 95.7 Å². The zero-order valence-corrected chi connectivity index (χ0v) is 80.2. The maximum atomic E-state index is 14.9. The second-order valence-electron chi connectivity index (χ2n) is 36.0. The number of hydrogen-bond donors (Lipinski definition) is 29. The Morgan fingerprint density at radius 2 is 0.606 bits per heavy atom. The molecule has 0 aromatic heterocycles. The molecule has 14 unspecified atom stereocenters. The summed E-state index contributed by atoms with van der Waals surface area (Å²) in [6, 6.07) is -13.4. The number of carboxylic acid groups (broad SMARTS) is 3. The Labute approximate surface area is 796 Å². The third-order valence-electron chi connectivity index (χ3n) is 20.4. The van der Waals surface area contributed by atoms with Crippen molar-refractivity contribution < 1.29 is 116 Å². The summed E-state index contributed by atoms with van der Waals surface area (Å²) in [7, 11) is 0. The molecular formula is C87H148N26O24. The van der Waals surface area contributed by atoms with Gasteiger partial charge in [0, 0.05) is 32.4 Å². The van der Waals surface area contributed by atoms with E-state index < -0.39 is 284 Å². The van der Waals surface area contributed by atoms with Gasteiger partial charge in [-0.05, 0) is 144 Å². The van der Waals surface area contributed by atoms with Gasteiger partial charge < -0.3 is 145 Å². The van der Waals surface area contributed by atoms with Gasteiger partial charge in [-0.1, -0.05) is 113 Å². The van der Waals surface area contributed by atoms with Gasteiger partial charge in [-0.2, -0.15) is 0 Å². The number of guanidine groups is 2. The lowest BCUT2D eigenvalue weighted by Crippen LogP contribution is -2.61. The van der Waals surface area contributed by atoms with Crippen LogP contribution in [0.2, 0.25) is 0 Å².